The Labute approximate surface area is 152 Å². The van der Waals surface area contributed by atoms with Gasteiger partial charge in [-0.2, -0.15) is 0 Å². The van der Waals surface area contributed by atoms with E-state index in [-0.39, 0.29) is 5.54 Å². The maximum absolute atomic E-state index is 6.38. The highest BCUT2D eigenvalue weighted by Crippen LogP contribution is 2.32. The molecule has 1 aliphatic rings. The number of nitrogens with two attached hydrogens (primary N) is 1. The minimum absolute atomic E-state index is 0.0234. The van der Waals surface area contributed by atoms with Crippen LogP contribution in [-0.2, 0) is 6.54 Å². The van der Waals surface area contributed by atoms with Crippen LogP contribution in [0.2, 0.25) is 0 Å². The minimum Gasteiger partial charge on any atom is -0.364 e. The second-order valence-electron chi connectivity index (χ2n) is 7.31. The van der Waals surface area contributed by atoms with Crippen molar-refractivity contribution in [2.75, 3.05) is 31.1 Å². The molecular weight excluding hydrogens is 306 g/mol. The Morgan fingerprint density at radius 1 is 1.12 bits per heavy atom. The molecule has 1 saturated heterocycles. The summed E-state index contributed by atoms with van der Waals surface area (Å²) in [5.74, 6) is 0. The summed E-state index contributed by atoms with van der Waals surface area (Å²) < 4.78 is 0. The number of benzene rings is 2. The van der Waals surface area contributed by atoms with Crippen molar-refractivity contribution in [3.05, 3.63) is 65.7 Å². The molecule has 0 amide bonds. The third-order valence-corrected chi connectivity index (χ3v) is 5.47. The van der Waals surface area contributed by atoms with E-state index >= 15 is 0 Å². The van der Waals surface area contributed by atoms with E-state index in [4.69, 9.17) is 5.73 Å². The largest absolute Gasteiger partial charge is 0.364 e. The summed E-state index contributed by atoms with van der Waals surface area (Å²) >= 11 is 0. The highest BCUT2D eigenvalue weighted by molar-refractivity contribution is 5.51. The van der Waals surface area contributed by atoms with Gasteiger partial charge in [0.25, 0.3) is 0 Å². The first kappa shape index (κ1) is 18.0. The van der Waals surface area contributed by atoms with Gasteiger partial charge in [-0.15, -0.1) is 0 Å². The van der Waals surface area contributed by atoms with E-state index in [1.165, 1.54) is 23.2 Å². The van der Waals surface area contributed by atoms with Gasteiger partial charge in [0.1, 0.15) is 0 Å². The molecule has 0 saturated carbocycles. The van der Waals surface area contributed by atoms with Crippen LogP contribution in [0, 0.1) is 6.92 Å². The Balaban J connectivity index is 1.82. The zero-order chi connectivity index (χ0) is 17.7. The van der Waals surface area contributed by atoms with E-state index in [0.29, 0.717) is 6.54 Å². The summed E-state index contributed by atoms with van der Waals surface area (Å²) in [6, 6.07) is 19.6. The van der Waals surface area contributed by atoms with Gasteiger partial charge in [-0.25, -0.2) is 0 Å². The maximum Gasteiger partial charge on any atom is 0.0651 e. The number of hydrogen-bond donors (Lipinski definition) is 1. The molecule has 3 nitrogen and oxygen atoms in total. The summed E-state index contributed by atoms with van der Waals surface area (Å²) in [6.07, 6.45) is 2.36. The lowest BCUT2D eigenvalue weighted by molar-refractivity contribution is 0.140. The van der Waals surface area contributed by atoms with E-state index in [1.54, 1.807) is 0 Å². The fourth-order valence-corrected chi connectivity index (χ4v) is 4.27. The van der Waals surface area contributed by atoms with Gasteiger partial charge >= 0.3 is 0 Å². The van der Waals surface area contributed by atoms with Crippen LogP contribution in [0.3, 0.4) is 0 Å². The Hall–Kier alpha value is -1.84. The van der Waals surface area contributed by atoms with Crippen molar-refractivity contribution < 1.29 is 0 Å². The van der Waals surface area contributed by atoms with E-state index in [0.717, 1.165) is 32.6 Å². The highest BCUT2D eigenvalue weighted by Gasteiger charge is 2.39. The van der Waals surface area contributed by atoms with Crippen molar-refractivity contribution >= 4 is 5.69 Å². The van der Waals surface area contributed by atoms with Crippen LogP contribution in [0.25, 0.3) is 0 Å². The normalized spacial score (nSPS) is 21.2. The first-order valence-corrected chi connectivity index (χ1v) is 9.47. The van der Waals surface area contributed by atoms with Crippen molar-refractivity contribution in [1.82, 2.24) is 4.90 Å². The number of aryl methyl sites for hydroxylation is 1. The topological polar surface area (TPSA) is 32.5 Å². The molecule has 0 aromatic heterocycles. The molecule has 1 fully saturated rings. The molecule has 3 rings (SSSR count). The number of anilines is 1. The quantitative estimate of drug-likeness (QED) is 0.870. The summed E-state index contributed by atoms with van der Waals surface area (Å²) in [4.78, 5) is 5.11. The smallest absolute Gasteiger partial charge is 0.0651 e. The van der Waals surface area contributed by atoms with Crippen molar-refractivity contribution in [2.24, 2.45) is 5.73 Å². The molecular formula is C22H31N3. The van der Waals surface area contributed by atoms with Crippen LogP contribution in [0.4, 0.5) is 5.69 Å². The van der Waals surface area contributed by atoms with Crippen LogP contribution in [0.5, 0.6) is 0 Å². The number of nitrogens with zero attached hydrogens (tertiary/aromatic N) is 2. The van der Waals surface area contributed by atoms with Gasteiger partial charge in [0.15, 0.2) is 0 Å². The van der Waals surface area contributed by atoms with Gasteiger partial charge in [-0.1, -0.05) is 42.5 Å². The molecule has 1 atom stereocenters. The maximum atomic E-state index is 6.38. The first-order valence-electron chi connectivity index (χ1n) is 9.47. The minimum atomic E-state index is 0.0234. The average molecular weight is 338 g/mol. The summed E-state index contributed by atoms with van der Waals surface area (Å²) in [5, 5.41) is 0. The molecule has 3 heteroatoms. The van der Waals surface area contributed by atoms with E-state index in [9.17, 15) is 0 Å². The molecule has 0 radical (unpaired) electrons. The van der Waals surface area contributed by atoms with Crippen LogP contribution in [0.15, 0.2) is 54.6 Å². The third-order valence-electron chi connectivity index (χ3n) is 5.47. The predicted molar refractivity (Wildman–Crippen MR) is 107 cm³/mol. The average Bonchev–Trinajstić information content (AvgIpc) is 2.63. The van der Waals surface area contributed by atoms with E-state index < -0.39 is 0 Å². The summed E-state index contributed by atoms with van der Waals surface area (Å²) in [7, 11) is 0. The van der Waals surface area contributed by atoms with Gasteiger partial charge in [0.2, 0.25) is 0 Å². The zero-order valence-corrected chi connectivity index (χ0v) is 15.6. The van der Waals surface area contributed by atoms with Crippen LogP contribution < -0.4 is 10.6 Å². The number of likely N-dealkylation sites (tertiary alicyclic amines) is 1. The van der Waals surface area contributed by atoms with Gasteiger partial charge < -0.3 is 10.6 Å². The molecule has 1 aliphatic heterocycles. The molecule has 0 bridgehead atoms. The standard InChI is InChI=1S/C22H31N3/c1-3-25(21-12-7-9-19(2)15-21)22(17-23)13-8-14-24(18-22)16-20-10-5-4-6-11-20/h4-7,9-12,15H,3,8,13-14,16-18,23H2,1-2H3. The number of likely N-dealkylation sites (N-methyl/N-ethyl adjacent to an activating group) is 1. The monoisotopic (exact) mass is 337 g/mol. The van der Waals surface area contributed by atoms with Crippen molar-refractivity contribution in [3.8, 4) is 0 Å². The van der Waals surface area contributed by atoms with E-state index in [2.05, 4.69) is 78.2 Å². The van der Waals surface area contributed by atoms with Crippen LogP contribution in [-0.4, -0.2) is 36.6 Å². The predicted octanol–water partition coefficient (Wildman–Crippen LogP) is 3.81. The highest BCUT2D eigenvalue weighted by atomic mass is 15.3. The summed E-state index contributed by atoms with van der Waals surface area (Å²) in [5.41, 5.74) is 10.4. The Morgan fingerprint density at radius 2 is 1.92 bits per heavy atom. The fraction of sp³-hybridized carbons (Fsp3) is 0.455. The fourth-order valence-electron chi connectivity index (χ4n) is 4.27. The molecule has 2 aromatic rings. The molecule has 0 aliphatic carbocycles. The van der Waals surface area contributed by atoms with Gasteiger partial charge in [-0.3, -0.25) is 4.90 Å². The van der Waals surface area contributed by atoms with Crippen LogP contribution in [0.1, 0.15) is 30.9 Å². The van der Waals surface area contributed by atoms with Crippen LogP contribution >= 0.6 is 0 Å². The van der Waals surface area contributed by atoms with Gasteiger partial charge in [0.05, 0.1) is 5.54 Å². The van der Waals surface area contributed by atoms with Gasteiger partial charge in [0, 0.05) is 31.9 Å². The first-order chi connectivity index (χ1) is 12.2. The Bertz CT molecular complexity index is 670. The Morgan fingerprint density at radius 3 is 2.60 bits per heavy atom. The SMILES string of the molecule is CCN(c1cccc(C)c1)C1(CN)CCCN(Cc2ccccc2)C1. The molecule has 1 heterocycles. The second kappa shape index (κ2) is 8.03. The van der Waals surface area contributed by atoms with Crippen molar-refractivity contribution in [1.29, 1.82) is 0 Å². The zero-order valence-electron chi connectivity index (χ0n) is 15.6. The number of rotatable bonds is 6. The van der Waals surface area contributed by atoms with Crippen molar-refractivity contribution in [2.45, 2.75) is 38.8 Å². The van der Waals surface area contributed by atoms with Gasteiger partial charge in [-0.05, 0) is 56.5 Å². The lowest BCUT2D eigenvalue weighted by Gasteiger charge is -2.50. The molecule has 1 unspecified atom stereocenters. The molecule has 25 heavy (non-hydrogen) atoms. The Kier molecular flexibility index (Phi) is 5.77. The number of piperidine rings is 1. The molecule has 0 spiro atoms. The molecule has 2 aromatic carbocycles. The third kappa shape index (κ3) is 4.05. The number of hydrogen-bond acceptors (Lipinski definition) is 3. The van der Waals surface area contributed by atoms with E-state index in [1.807, 2.05) is 0 Å². The lowest BCUT2D eigenvalue weighted by Crippen LogP contribution is -2.62. The second-order valence-corrected chi connectivity index (χ2v) is 7.31. The summed E-state index contributed by atoms with van der Waals surface area (Å²) in [6.45, 7) is 9.28. The lowest BCUT2D eigenvalue weighted by atomic mass is 9.86. The van der Waals surface area contributed by atoms with Crippen molar-refractivity contribution in [3.63, 3.8) is 0 Å². The molecule has 134 valence electrons. The molecule has 2 N–H and O–H groups in total.